The molecule has 102 valence electrons. The van der Waals surface area contributed by atoms with Crippen molar-refractivity contribution in [3.63, 3.8) is 0 Å². The average Bonchev–Trinajstić information content (AvgIpc) is 3.07. The van der Waals surface area contributed by atoms with Crippen molar-refractivity contribution in [3.8, 4) is 0 Å². The van der Waals surface area contributed by atoms with Gasteiger partial charge in [0.1, 0.15) is 0 Å². The van der Waals surface area contributed by atoms with E-state index in [4.69, 9.17) is 4.74 Å². The molecule has 1 saturated carbocycles. The van der Waals surface area contributed by atoms with E-state index in [2.05, 4.69) is 0 Å². The molecule has 18 heavy (non-hydrogen) atoms. The first-order valence-electron chi connectivity index (χ1n) is 6.63. The number of aliphatic carboxylic acids is 1. The van der Waals surface area contributed by atoms with Gasteiger partial charge in [-0.15, -0.1) is 0 Å². The van der Waals surface area contributed by atoms with Crippen LogP contribution in [0.3, 0.4) is 0 Å². The summed E-state index contributed by atoms with van der Waals surface area (Å²) in [5, 5.41) is 9.22. The van der Waals surface area contributed by atoms with Gasteiger partial charge >= 0.3 is 5.97 Å². The third kappa shape index (κ3) is 3.02. The van der Waals surface area contributed by atoms with Crippen LogP contribution < -0.4 is 0 Å². The van der Waals surface area contributed by atoms with Crippen molar-refractivity contribution in [1.29, 1.82) is 0 Å². The van der Waals surface area contributed by atoms with Gasteiger partial charge in [-0.25, -0.2) is 0 Å². The third-order valence-corrected chi connectivity index (χ3v) is 4.00. The van der Waals surface area contributed by atoms with Gasteiger partial charge in [-0.3, -0.25) is 9.59 Å². The molecule has 2 rings (SSSR count). The van der Waals surface area contributed by atoms with Crippen molar-refractivity contribution in [2.24, 2.45) is 17.8 Å². The van der Waals surface area contributed by atoms with Gasteiger partial charge < -0.3 is 14.7 Å². The summed E-state index contributed by atoms with van der Waals surface area (Å²) in [4.78, 5) is 24.9. The van der Waals surface area contributed by atoms with Gasteiger partial charge in [-0.1, -0.05) is 0 Å². The number of nitrogens with zero attached hydrogens (tertiary/aromatic N) is 1. The molecule has 1 N–H and O–H groups in total. The molecule has 0 spiro atoms. The van der Waals surface area contributed by atoms with Crippen molar-refractivity contribution in [2.75, 3.05) is 26.8 Å². The first kappa shape index (κ1) is 13.3. The minimum atomic E-state index is -0.751. The number of likely N-dealkylation sites (tertiary alicyclic amines) is 1. The monoisotopic (exact) mass is 255 g/mol. The van der Waals surface area contributed by atoms with E-state index in [1.54, 1.807) is 12.0 Å². The summed E-state index contributed by atoms with van der Waals surface area (Å²) in [6.07, 6.45) is 3.41. The van der Waals surface area contributed by atoms with Gasteiger partial charge in [0.15, 0.2) is 0 Å². The van der Waals surface area contributed by atoms with E-state index in [9.17, 15) is 14.7 Å². The van der Waals surface area contributed by atoms with E-state index >= 15 is 0 Å². The van der Waals surface area contributed by atoms with E-state index in [0.29, 0.717) is 38.5 Å². The van der Waals surface area contributed by atoms with E-state index in [-0.39, 0.29) is 17.7 Å². The number of hydrogen-bond acceptors (Lipinski definition) is 3. The standard InChI is InChI=1S/C13H21NO4/c1-18-6-2-3-12(15)14-7-10(9-4-5-9)11(8-14)13(16)17/h9-11H,2-8H2,1H3,(H,16,17)/t10-,11+/m1/s1. The molecule has 0 aromatic heterocycles. The molecular formula is C13H21NO4. The maximum absolute atomic E-state index is 12.0. The highest BCUT2D eigenvalue weighted by molar-refractivity contribution is 5.79. The number of carboxylic acid groups (broad SMARTS) is 1. The van der Waals surface area contributed by atoms with Gasteiger partial charge in [0.05, 0.1) is 5.92 Å². The number of rotatable bonds is 6. The van der Waals surface area contributed by atoms with Crippen LogP contribution in [-0.2, 0) is 14.3 Å². The zero-order chi connectivity index (χ0) is 13.1. The topological polar surface area (TPSA) is 66.8 Å². The van der Waals surface area contributed by atoms with Crippen molar-refractivity contribution >= 4 is 11.9 Å². The Morgan fingerprint density at radius 3 is 2.61 bits per heavy atom. The Kier molecular flexibility index (Phi) is 4.22. The average molecular weight is 255 g/mol. The van der Waals surface area contributed by atoms with Gasteiger partial charge in [0, 0.05) is 33.2 Å². The second-order valence-corrected chi connectivity index (χ2v) is 5.34. The number of amides is 1. The fourth-order valence-electron chi connectivity index (χ4n) is 2.82. The molecule has 2 fully saturated rings. The highest BCUT2D eigenvalue weighted by atomic mass is 16.5. The highest BCUT2D eigenvalue weighted by Crippen LogP contribution is 2.44. The number of carbonyl (C=O) groups is 2. The molecule has 0 aromatic carbocycles. The predicted octanol–water partition coefficient (Wildman–Crippen LogP) is 0.982. The van der Waals surface area contributed by atoms with Crippen molar-refractivity contribution in [3.05, 3.63) is 0 Å². The largest absolute Gasteiger partial charge is 0.481 e. The maximum atomic E-state index is 12.0. The molecule has 1 aliphatic carbocycles. The Labute approximate surface area is 107 Å². The SMILES string of the molecule is COCCCC(=O)N1C[C@H](C(=O)O)[C@@H](C2CC2)C1. The van der Waals surface area contributed by atoms with Gasteiger partial charge in [0.2, 0.25) is 5.91 Å². The summed E-state index contributed by atoms with van der Waals surface area (Å²) in [6.45, 7) is 1.60. The zero-order valence-corrected chi connectivity index (χ0v) is 10.8. The summed E-state index contributed by atoms with van der Waals surface area (Å²) in [6, 6.07) is 0. The number of carboxylic acids is 1. The summed E-state index contributed by atoms with van der Waals surface area (Å²) in [5.41, 5.74) is 0. The summed E-state index contributed by atoms with van der Waals surface area (Å²) < 4.78 is 4.92. The molecule has 0 aromatic rings. The van der Waals surface area contributed by atoms with Crippen LogP contribution >= 0.6 is 0 Å². The quantitative estimate of drug-likeness (QED) is 0.718. The lowest BCUT2D eigenvalue weighted by Gasteiger charge is -2.16. The van der Waals surface area contributed by atoms with Crippen LogP contribution in [0.15, 0.2) is 0 Å². The number of ether oxygens (including phenoxy) is 1. The number of carbonyl (C=O) groups excluding carboxylic acids is 1. The fourth-order valence-corrected chi connectivity index (χ4v) is 2.82. The highest BCUT2D eigenvalue weighted by Gasteiger charge is 2.46. The van der Waals surface area contributed by atoms with Crippen molar-refractivity contribution in [2.45, 2.75) is 25.7 Å². The lowest BCUT2D eigenvalue weighted by molar-refractivity contribution is -0.142. The Hall–Kier alpha value is -1.10. The third-order valence-electron chi connectivity index (χ3n) is 4.00. The van der Waals surface area contributed by atoms with E-state index in [0.717, 1.165) is 12.8 Å². The van der Waals surface area contributed by atoms with Crippen LogP contribution in [-0.4, -0.2) is 48.7 Å². The molecule has 2 aliphatic rings. The van der Waals surface area contributed by atoms with Crippen LogP contribution in [0.5, 0.6) is 0 Å². The minimum absolute atomic E-state index is 0.0708. The maximum Gasteiger partial charge on any atom is 0.308 e. The molecule has 2 atom stereocenters. The zero-order valence-electron chi connectivity index (χ0n) is 10.8. The lowest BCUT2D eigenvalue weighted by Crippen LogP contribution is -2.29. The van der Waals surface area contributed by atoms with Crippen molar-refractivity contribution < 1.29 is 19.4 Å². The van der Waals surface area contributed by atoms with Crippen LogP contribution in [0.1, 0.15) is 25.7 Å². The molecule has 0 unspecified atom stereocenters. The van der Waals surface area contributed by atoms with Crippen LogP contribution in [0.25, 0.3) is 0 Å². The molecule has 5 nitrogen and oxygen atoms in total. The number of methoxy groups -OCH3 is 1. The summed E-state index contributed by atoms with van der Waals surface area (Å²) in [5.74, 6) is -0.332. The van der Waals surface area contributed by atoms with Crippen LogP contribution in [0, 0.1) is 17.8 Å². The molecule has 0 radical (unpaired) electrons. The van der Waals surface area contributed by atoms with Crippen LogP contribution in [0.4, 0.5) is 0 Å². The summed E-state index contributed by atoms with van der Waals surface area (Å²) in [7, 11) is 1.61. The fraction of sp³-hybridized carbons (Fsp3) is 0.846. The first-order valence-corrected chi connectivity index (χ1v) is 6.63. The van der Waals surface area contributed by atoms with Gasteiger partial charge in [0.25, 0.3) is 0 Å². The van der Waals surface area contributed by atoms with Gasteiger partial charge in [-0.05, 0) is 31.1 Å². The molecule has 1 heterocycles. The van der Waals surface area contributed by atoms with Crippen molar-refractivity contribution in [1.82, 2.24) is 4.90 Å². The Balaban J connectivity index is 1.87. The molecule has 0 bridgehead atoms. The normalized spacial score (nSPS) is 27.5. The predicted molar refractivity (Wildman–Crippen MR) is 65.0 cm³/mol. The Morgan fingerprint density at radius 1 is 1.33 bits per heavy atom. The van der Waals surface area contributed by atoms with E-state index in [1.807, 2.05) is 0 Å². The molecular weight excluding hydrogens is 234 g/mol. The van der Waals surface area contributed by atoms with Gasteiger partial charge in [-0.2, -0.15) is 0 Å². The molecule has 5 heteroatoms. The minimum Gasteiger partial charge on any atom is -0.481 e. The number of hydrogen-bond donors (Lipinski definition) is 1. The van der Waals surface area contributed by atoms with E-state index in [1.165, 1.54) is 0 Å². The summed E-state index contributed by atoms with van der Waals surface area (Å²) >= 11 is 0. The molecule has 1 aliphatic heterocycles. The Morgan fingerprint density at radius 2 is 2.06 bits per heavy atom. The van der Waals surface area contributed by atoms with E-state index < -0.39 is 5.97 Å². The second-order valence-electron chi connectivity index (χ2n) is 5.34. The van der Waals surface area contributed by atoms with Crippen LogP contribution in [0.2, 0.25) is 0 Å². The lowest BCUT2D eigenvalue weighted by atomic mass is 9.92. The first-order chi connectivity index (χ1) is 8.63. The Bertz CT molecular complexity index is 327. The smallest absolute Gasteiger partial charge is 0.308 e. The second kappa shape index (κ2) is 5.69. The molecule has 1 amide bonds. The molecule has 1 saturated heterocycles.